The van der Waals surface area contributed by atoms with Crippen molar-refractivity contribution in [2.75, 3.05) is 0 Å². The molecule has 0 bridgehead atoms. The summed E-state index contributed by atoms with van der Waals surface area (Å²) in [6.45, 7) is 3.81. The molecule has 0 fully saturated rings. The summed E-state index contributed by atoms with van der Waals surface area (Å²) in [6.07, 6.45) is 0.413. The van der Waals surface area contributed by atoms with E-state index in [1.165, 1.54) is 5.56 Å². The van der Waals surface area contributed by atoms with Crippen molar-refractivity contribution in [1.29, 1.82) is 0 Å². The molecule has 1 unspecified atom stereocenters. The second-order valence-electron chi connectivity index (χ2n) is 3.51. The van der Waals surface area contributed by atoms with Crippen molar-refractivity contribution in [2.45, 2.75) is 26.4 Å². The molecular formula is C12H14O2. The fourth-order valence-corrected chi connectivity index (χ4v) is 1.63. The van der Waals surface area contributed by atoms with Gasteiger partial charge in [0, 0.05) is 5.39 Å². The first-order valence-corrected chi connectivity index (χ1v) is 4.91. The Hall–Kier alpha value is -1.28. The number of rotatable bonds is 2. The molecule has 0 saturated heterocycles. The predicted molar refractivity (Wildman–Crippen MR) is 56.2 cm³/mol. The van der Waals surface area contributed by atoms with E-state index in [-0.39, 0.29) is 0 Å². The van der Waals surface area contributed by atoms with Gasteiger partial charge in [-0.2, -0.15) is 0 Å². The Morgan fingerprint density at radius 1 is 1.43 bits per heavy atom. The number of fused-ring (bicyclic) bond motifs is 1. The summed E-state index contributed by atoms with van der Waals surface area (Å²) in [4.78, 5) is 0. The van der Waals surface area contributed by atoms with Crippen LogP contribution in [0, 0.1) is 0 Å². The topological polar surface area (TPSA) is 33.4 Å². The van der Waals surface area contributed by atoms with E-state index < -0.39 is 6.10 Å². The first-order chi connectivity index (χ1) is 6.72. The Kier molecular flexibility index (Phi) is 2.30. The molecular weight excluding hydrogens is 176 g/mol. The number of hydrogen-bond acceptors (Lipinski definition) is 2. The highest BCUT2D eigenvalue weighted by atomic mass is 16.4. The van der Waals surface area contributed by atoms with Gasteiger partial charge in [0.15, 0.2) is 0 Å². The lowest BCUT2D eigenvalue weighted by molar-refractivity contribution is 0.172. The number of benzene rings is 1. The van der Waals surface area contributed by atoms with Gasteiger partial charge in [-0.3, -0.25) is 0 Å². The van der Waals surface area contributed by atoms with Crippen LogP contribution in [0.4, 0.5) is 0 Å². The molecule has 2 heteroatoms. The van der Waals surface area contributed by atoms with Gasteiger partial charge in [-0.1, -0.05) is 25.1 Å². The molecule has 0 amide bonds. The van der Waals surface area contributed by atoms with Crippen LogP contribution in [0.5, 0.6) is 0 Å². The smallest absolute Gasteiger partial charge is 0.137 e. The van der Waals surface area contributed by atoms with E-state index in [0.29, 0.717) is 5.76 Å². The lowest BCUT2D eigenvalue weighted by Crippen LogP contribution is -1.85. The third-order valence-electron chi connectivity index (χ3n) is 2.44. The van der Waals surface area contributed by atoms with Crippen LogP contribution in [0.2, 0.25) is 0 Å². The lowest BCUT2D eigenvalue weighted by Gasteiger charge is -1.98. The molecule has 1 aromatic carbocycles. The third kappa shape index (κ3) is 1.42. The molecule has 2 rings (SSSR count). The summed E-state index contributed by atoms with van der Waals surface area (Å²) in [7, 11) is 0. The van der Waals surface area contributed by atoms with Crippen LogP contribution in [0.1, 0.15) is 31.3 Å². The van der Waals surface area contributed by atoms with Crippen LogP contribution in [0.3, 0.4) is 0 Å². The van der Waals surface area contributed by atoms with E-state index in [4.69, 9.17) is 4.42 Å². The fraction of sp³-hybridized carbons (Fsp3) is 0.333. The standard InChI is InChI=1S/C12H14O2/c1-3-9-5-4-6-10-7-11(8(2)13)14-12(9)10/h4-8,13H,3H2,1-2H3. The van der Waals surface area contributed by atoms with Crippen molar-refractivity contribution in [2.24, 2.45) is 0 Å². The quantitative estimate of drug-likeness (QED) is 0.789. The van der Waals surface area contributed by atoms with Crippen LogP contribution < -0.4 is 0 Å². The Morgan fingerprint density at radius 3 is 2.86 bits per heavy atom. The highest BCUT2D eigenvalue weighted by Gasteiger charge is 2.10. The monoisotopic (exact) mass is 190 g/mol. The normalized spacial score (nSPS) is 13.4. The molecule has 0 aliphatic heterocycles. The number of aliphatic hydroxyl groups excluding tert-OH is 1. The van der Waals surface area contributed by atoms with Crippen LogP contribution in [-0.4, -0.2) is 5.11 Å². The Morgan fingerprint density at radius 2 is 2.21 bits per heavy atom. The van der Waals surface area contributed by atoms with Gasteiger partial charge < -0.3 is 9.52 Å². The van der Waals surface area contributed by atoms with Gasteiger partial charge in [-0.15, -0.1) is 0 Å². The van der Waals surface area contributed by atoms with Gasteiger partial charge in [0.05, 0.1) is 0 Å². The fourth-order valence-electron chi connectivity index (χ4n) is 1.63. The summed E-state index contributed by atoms with van der Waals surface area (Å²) >= 11 is 0. The number of aliphatic hydroxyl groups is 1. The molecule has 1 atom stereocenters. The molecule has 1 aromatic heterocycles. The first-order valence-electron chi connectivity index (χ1n) is 4.91. The summed E-state index contributed by atoms with van der Waals surface area (Å²) in [5.74, 6) is 0.640. The first kappa shape index (κ1) is 9.28. The Labute approximate surface area is 83.2 Å². The van der Waals surface area contributed by atoms with Crippen LogP contribution in [0.25, 0.3) is 11.0 Å². The van der Waals surface area contributed by atoms with Crippen molar-refractivity contribution < 1.29 is 9.52 Å². The number of hydrogen-bond donors (Lipinski definition) is 1. The number of aryl methyl sites for hydroxylation is 1. The molecule has 1 N–H and O–H groups in total. The molecule has 2 nitrogen and oxygen atoms in total. The van der Waals surface area contributed by atoms with E-state index in [0.717, 1.165) is 17.4 Å². The summed E-state index contributed by atoms with van der Waals surface area (Å²) in [5.41, 5.74) is 2.10. The summed E-state index contributed by atoms with van der Waals surface area (Å²) in [5, 5.41) is 10.5. The van der Waals surface area contributed by atoms with E-state index >= 15 is 0 Å². The molecule has 1 heterocycles. The van der Waals surface area contributed by atoms with Crippen LogP contribution in [-0.2, 0) is 6.42 Å². The molecule has 2 aromatic rings. The largest absolute Gasteiger partial charge is 0.458 e. The van der Waals surface area contributed by atoms with Gasteiger partial charge in [-0.25, -0.2) is 0 Å². The number of furan rings is 1. The van der Waals surface area contributed by atoms with Crippen molar-refractivity contribution in [3.63, 3.8) is 0 Å². The Balaban J connectivity index is 2.64. The SMILES string of the molecule is CCc1cccc2cc(C(C)O)oc12. The highest BCUT2D eigenvalue weighted by Crippen LogP contribution is 2.26. The summed E-state index contributed by atoms with van der Waals surface area (Å²) < 4.78 is 5.60. The van der Waals surface area contributed by atoms with Gasteiger partial charge >= 0.3 is 0 Å². The van der Waals surface area contributed by atoms with Gasteiger partial charge in [0.1, 0.15) is 17.4 Å². The minimum atomic E-state index is -0.535. The van der Waals surface area contributed by atoms with Crippen molar-refractivity contribution in [1.82, 2.24) is 0 Å². The zero-order valence-corrected chi connectivity index (χ0v) is 8.45. The van der Waals surface area contributed by atoms with Gasteiger partial charge in [0.25, 0.3) is 0 Å². The second kappa shape index (κ2) is 3.46. The molecule has 14 heavy (non-hydrogen) atoms. The van der Waals surface area contributed by atoms with Crippen LogP contribution >= 0.6 is 0 Å². The predicted octanol–water partition coefficient (Wildman–Crippen LogP) is 3.05. The van der Waals surface area contributed by atoms with Crippen LogP contribution in [0.15, 0.2) is 28.7 Å². The molecule has 0 aliphatic carbocycles. The maximum atomic E-state index is 9.39. The summed E-state index contributed by atoms with van der Waals surface area (Å²) in [6, 6.07) is 7.98. The lowest BCUT2D eigenvalue weighted by atomic mass is 10.1. The minimum Gasteiger partial charge on any atom is -0.458 e. The average molecular weight is 190 g/mol. The Bertz CT molecular complexity index is 441. The number of para-hydroxylation sites is 1. The molecule has 0 saturated carbocycles. The minimum absolute atomic E-state index is 0.535. The maximum absolute atomic E-state index is 9.39. The third-order valence-corrected chi connectivity index (χ3v) is 2.44. The van der Waals surface area contributed by atoms with E-state index in [1.54, 1.807) is 6.92 Å². The molecule has 0 radical (unpaired) electrons. The van der Waals surface area contributed by atoms with Crippen molar-refractivity contribution in [3.8, 4) is 0 Å². The molecule has 74 valence electrons. The van der Waals surface area contributed by atoms with Gasteiger partial charge in [0.2, 0.25) is 0 Å². The van der Waals surface area contributed by atoms with Gasteiger partial charge in [-0.05, 0) is 25.0 Å². The zero-order valence-electron chi connectivity index (χ0n) is 8.45. The highest BCUT2D eigenvalue weighted by molar-refractivity contribution is 5.81. The molecule has 0 aliphatic rings. The van der Waals surface area contributed by atoms with Crippen molar-refractivity contribution >= 4 is 11.0 Å². The van der Waals surface area contributed by atoms with E-state index in [9.17, 15) is 5.11 Å². The average Bonchev–Trinajstić information content (AvgIpc) is 2.60. The second-order valence-corrected chi connectivity index (χ2v) is 3.51. The van der Waals surface area contributed by atoms with E-state index in [1.807, 2.05) is 18.2 Å². The maximum Gasteiger partial charge on any atom is 0.137 e. The van der Waals surface area contributed by atoms with Crippen molar-refractivity contribution in [3.05, 3.63) is 35.6 Å². The molecule has 0 spiro atoms. The zero-order chi connectivity index (χ0) is 10.1. The van der Waals surface area contributed by atoms with E-state index in [2.05, 4.69) is 13.0 Å².